The van der Waals surface area contributed by atoms with Crippen LogP contribution in [0.3, 0.4) is 0 Å². The zero-order chi connectivity index (χ0) is 18.8. The number of hydrogen-bond acceptors (Lipinski definition) is 4. The highest BCUT2D eigenvalue weighted by atomic mass is 16.5. The van der Waals surface area contributed by atoms with Gasteiger partial charge in [0.1, 0.15) is 6.10 Å². The van der Waals surface area contributed by atoms with Gasteiger partial charge in [0, 0.05) is 14.1 Å². The molecule has 0 bridgehead atoms. The Balaban J connectivity index is 1.59. The van der Waals surface area contributed by atoms with E-state index in [0.29, 0.717) is 12.8 Å². The molecule has 26 heavy (non-hydrogen) atoms. The molecule has 2 heterocycles. The Hall–Kier alpha value is -2.41. The maximum Gasteiger partial charge on any atom is 0.324 e. The van der Waals surface area contributed by atoms with E-state index in [2.05, 4.69) is 5.32 Å². The number of aryl methyl sites for hydroxylation is 1. The quantitative estimate of drug-likeness (QED) is 0.886. The summed E-state index contributed by atoms with van der Waals surface area (Å²) in [5.41, 5.74) is 2.05. The van der Waals surface area contributed by atoms with Gasteiger partial charge in [-0.15, -0.1) is 0 Å². The number of nitrogens with one attached hydrogen (secondary N) is 1. The van der Waals surface area contributed by atoms with Crippen LogP contribution in [0.25, 0.3) is 0 Å². The monoisotopic (exact) mass is 359 g/mol. The lowest BCUT2D eigenvalue weighted by Gasteiger charge is -2.33. The van der Waals surface area contributed by atoms with Crippen molar-refractivity contribution in [3.05, 3.63) is 35.4 Å². The summed E-state index contributed by atoms with van der Waals surface area (Å²) < 4.78 is 5.74. The van der Waals surface area contributed by atoms with Crippen molar-refractivity contribution >= 4 is 17.8 Å². The van der Waals surface area contributed by atoms with Crippen LogP contribution in [-0.4, -0.2) is 60.5 Å². The van der Waals surface area contributed by atoms with E-state index < -0.39 is 12.1 Å². The highest BCUT2D eigenvalue weighted by molar-refractivity contribution is 5.97. The molecule has 7 nitrogen and oxygen atoms in total. The summed E-state index contributed by atoms with van der Waals surface area (Å²) in [7, 11) is 3.37. The van der Waals surface area contributed by atoms with Crippen LogP contribution in [0.15, 0.2) is 24.3 Å². The number of urea groups is 1. The van der Waals surface area contributed by atoms with Crippen molar-refractivity contribution in [2.45, 2.75) is 44.4 Å². The summed E-state index contributed by atoms with van der Waals surface area (Å²) in [6.45, 7) is 2.18. The Bertz CT molecular complexity index is 683. The Morgan fingerprint density at radius 2 is 1.92 bits per heavy atom. The lowest BCUT2D eigenvalue weighted by molar-refractivity contribution is -0.141. The maximum absolute atomic E-state index is 12.5. The van der Waals surface area contributed by atoms with Crippen molar-refractivity contribution in [1.29, 1.82) is 0 Å². The van der Waals surface area contributed by atoms with Crippen molar-refractivity contribution in [3.63, 3.8) is 0 Å². The number of nitrogens with zero attached hydrogens (tertiary/aromatic N) is 2. The molecule has 2 aliphatic rings. The molecule has 0 spiro atoms. The highest BCUT2D eigenvalue weighted by Crippen LogP contribution is 2.26. The molecule has 0 saturated carbocycles. The first kappa shape index (κ1) is 18.4. The van der Waals surface area contributed by atoms with Gasteiger partial charge in [0.2, 0.25) is 5.91 Å². The van der Waals surface area contributed by atoms with E-state index in [1.165, 1.54) is 9.80 Å². The lowest BCUT2D eigenvalue weighted by atomic mass is 10.00. The number of carbonyl (C=O) groups is 3. The Labute approximate surface area is 153 Å². The van der Waals surface area contributed by atoms with Gasteiger partial charge in [-0.2, -0.15) is 0 Å². The minimum absolute atomic E-state index is 0.0821. The third-order valence-electron chi connectivity index (χ3n) is 4.91. The second-order valence-electron chi connectivity index (χ2n) is 7.18. The van der Waals surface area contributed by atoms with Gasteiger partial charge in [-0.1, -0.05) is 29.8 Å². The smallest absolute Gasteiger partial charge is 0.324 e. The third-order valence-corrected chi connectivity index (χ3v) is 4.91. The summed E-state index contributed by atoms with van der Waals surface area (Å²) in [5, 5.41) is 2.89. The second kappa shape index (κ2) is 7.45. The minimum atomic E-state index is -0.488. The molecule has 2 saturated heterocycles. The van der Waals surface area contributed by atoms with Crippen molar-refractivity contribution in [1.82, 2.24) is 15.1 Å². The maximum atomic E-state index is 12.5. The topological polar surface area (TPSA) is 79.0 Å². The summed E-state index contributed by atoms with van der Waals surface area (Å²) in [6.07, 6.45) is 0.703. The van der Waals surface area contributed by atoms with Gasteiger partial charge in [-0.05, 0) is 25.3 Å². The van der Waals surface area contributed by atoms with Crippen molar-refractivity contribution in [2.24, 2.45) is 0 Å². The van der Waals surface area contributed by atoms with Crippen molar-refractivity contribution < 1.29 is 19.1 Å². The number of hydrogen-bond donors (Lipinski definition) is 1. The van der Waals surface area contributed by atoms with E-state index in [1.54, 1.807) is 14.1 Å². The molecule has 3 unspecified atom stereocenters. The minimum Gasteiger partial charge on any atom is -0.363 e. The average molecular weight is 359 g/mol. The standard InChI is InChI=1S/C19H25N3O4/c1-12-4-6-13(7-5-12)15-10-17(23)22(19(25)20-15)11-14-8-9-16(26-14)18(24)21(2)3/h4-7,14-16H,8-11H2,1-3H3,(H,20,25). The molecule has 1 aromatic carbocycles. The summed E-state index contributed by atoms with van der Waals surface area (Å²) in [5.74, 6) is -0.299. The molecule has 7 heteroatoms. The molecule has 140 valence electrons. The molecular weight excluding hydrogens is 334 g/mol. The number of amides is 4. The summed E-state index contributed by atoms with van der Waals surface area (Å²) >= 11 is 0. The number of rotatable bonds is 4. The molecule has 2 fully saturated rings. The van der Waals surface area contributed by atoms with Crippen LogP contribution in [-0.2, 0) is 14.3 Å². The van der Waals surface area contributed by atoms with E-state index in [1.807, 2.05) is 31.2 Å². The van der Waals surface area contributed by atoms with E-state index >= 15 is 0 Å². The molecule has 0 radical (unpaired) electrons. The summed E-state index contributed by atoms with van der Waals surface area (Å²) in [6, 6.07) is 7.08. The van der Waals surface area contributed by atoms with Crippen LogP contribution in [0.1, 0.15) is 36.4 Å². The second-order valence-corrected chi connectivity index (χ2v) is 7.18. The van der Waals surface area contributed by atoms with E-state index in [9.17, 15) is 14.4 Å². The SMILES string of the molecule is Cc1ccc(C2CC(=O)N(CC3CCC(C(=O)N(C)C)O3)C(=O)N2)cc1. The fourth-order valence-corrected chi connectivity index (χ4v) is 3.37. The van der Waals surface area contributed by atoms with Gasteiger partial charge < -0.3 is 15.0 Å². The molecular formula is C19H25N3O4. The molecule has 2 aliphatic heterocycles. The van der Waals surface area contributed by atoms with Crippen LogP contribution >= 0.6 is 0 Å². The molecule has 1 N–H and O–H groups in total. The predicted octanol–water partition coefficient (Wildman–Crippen LogP) is 1.61. The van der Waals surface area contributed by atoms with Crippen LogP contribution < -0.4 is 5.32 Å². The van der Waals surface area contributed by atoms with Crippen LogP contribution in [0.4, 0.5) is 4.79 Å². The van der Waals surface area contributed by atoms with Gasteiger partial charge in [0.15, 0.2) is 0 Å². The zero-order valence-corrected chi connectivity index (χ0v) is 15.4. The molecule has 0 aromatic heterocycles. The molecule has 0 aliphatic carbocycles. The predicted molar refractivity (Wildman–Crippen MR) is 95.4 cm³/mol. The highest BCUT2D eigenvalue weighted by Gasteiger charge is 2.38. The summed E-state index contributed by atoms with van der Waals surface area (Å²) in [4.78, 5) is 39.6. The number of likely N-dealkylation sites (N-methyl/N-ethyl adjacent to an activating group) is 1. The Morgan fingerprint density at radius 1 is 1.23 bits per heavy atom. The van der Waals surface area contributed by atoms with Crippen LogP contribution in [0, 0.1) is 6.92 Å². The molecule has 4 amide bonds. The lowest BCUT2D eigenvalue weighted by Crippen LogP contribution is -2.53. The fourth-order valence-electron chi connectivity index (χ4n) is 3.37. The van der Waals surface area contributed by atoms with Crippen LogP contribution in [0.5, 0.6) is 0 Å². The van der Waals surface area contributed by atoms with Crippen LogP contribution in [0.2, 0.25) is 0 Å². The molecule has 3 rings (SSSR count). The Kier molecular flexibility index (Phi) is 5.27. The third kappa shape index (κ3) is 3.88. The van der Waals surface area contributed by atoms with Crippen molar-refractivity contribution in [2.75, 3.05) is 20.6 Å². The van der Waals surface area contributed by atoms with Gasteiger partial charge in [-0.3, -0.25) is 14.5 Å². The van der Waals surface area contributed by atoms with E-state index in [-0.39, 0.29) is 36.9 Å². The Morgan fingerprint density at radius 3 is 2.54 bits per heavy atom. The fraction of sp³-hybridized carbons (Fsp3) is 0.526. The van der Waals surface area contributed by atoms with Gasteiger partial charge in [0.25, 0.3) is 5.91 Å². The first-order valence-corrected chi connectivity index (χ1v) is 8.89. The molecule has 1 aromatic rings. The van der Waals surface area contributed by atoms with E-state index in [4.69, 9.17) is 4.74 Å². The average Bonchev–Trinajstić information content (AvgIpc) is 3.06. The molecule has 3 atom stereocenters. The van der Waals surface area contributed by atoms with Gasteiger partial charge >= 0.3 is 6.03 Å². The zero-order valence-electron chi connectivity index (χ0n) is 15.4. The number of benzene rings is 1. The number of imide groups is 1. The first-order valence-electron chi connectivity index (χ1n) is 8.89. The van der Waals surface area contributed by atoms with Gasteiger partial charge in [-0.25, -0.2) is 4.79 Å². The first-order chi connectivity index (χ1) is 12.3. The normalized spacial score (nSPS) is 26.0. The van der Waals surface area contributed by atoms with E-state index in [0.717, 1.165) is 11.1 Å². The van der Waals surface area contributed by atoms with Gasteiger partial charge in [0.05, 0.1) is 25.1 Å². The van der Waals surface area contributed by atoms with Crippen molar-refractivity contribution in [3.8, 4) is 0 Å². The largest absolute Gasteiger partial charge is 0.363 e. The number of carbonyl (C=O) groups excluding carboxylic acids is 3. The number of ether oxygens (including phenoxy) is 1.